The van der Waals surface area contributed by atoms with Crippen molar-refractivity contribution in [3.8, 4) is 0 Å². The topological polar surface area (TPSA) is 80.5 Å². The van der Waals surface area contributed by atoms with Crippen molar-refractivity contribution in [2.75, 3.05) is 0 Å². The van der Waals surface area contributed by atoms with E-state index in [-0.39, 0.29) is 22.5 Å². The zero-order chi connectivity index (χ0) is 18.9. The summed E-state index contributed by atoms with van der Waals surface area (Å²) in [6.07, 6.45) is 1.98. The minimum absolute atomic E-state index is 0.0844. The molecule has 0 aliphatic heterocycles. The predicted octanol–water partition coefficient (Wildman–Crippen LogP) is 4.24. The molecule has 0 radical (unpaired) electrons. The number of nitrogens with zero attached hydrogens (tertiary/aromatic N) is 2. The van der Waals surface area contributed by atoms with E-state index >= 15 is 0 Å². The Balaban J connectivity index is 2.01. The highest BCUT2D eigenvalue weighted by Gasteiger charge is 2.38. The van der Waals surface area contributed by atoms with E-state index in [0.717, 1.165) is 24.5 Å². The predicted molar refractivity (Wildman–Crippen MR) is 99.5 cm³/mol. The van der Waals surface area contributed by atoms with Crippen molar-refractivity contribution in [3.05, 3.63) is 69.2 Å². The molecular weight excluding hydrogens is 376 g/mol. The van der Waals surface area contributed by atoms with Gasteiger partial charge in [0.25, 0.3) is 5.69 Å². The largest absolute Gasteiger partial charge is 0.289 e. The van der Waals surface area contributed by atoms with E-state index in [1.165, 1.54) is 16.4 Å². The van der Waals surface area contributed by atoms with Gasteiger partial charge in [-0.15, -0.1) is 0 Å². The highest BCUT2D eigenvalue weighted by Crippen LogP contribution is 2.38. The lowest BCUT2D eigenvalue weighted by atomic mass is 10.2. The molecular formula is C18H19ClN2O4S. The summed E-state index contributed by atoms with van der Waals surface area (Å²) in [5, 5.41) is 11.0. The molecule has 0 N–H and O–H groups in total. The van der Waals surface area contributed by atoms with Gasteiger partial charge in [0.1, 0.15) is 5.02 Å². The molecule has 0 aromatic heterocycles. The van der Waals surface area contributed by atoms with Gasteiger partial charge in [-0.1, -0.05) is 41.9 Å². The van der Waals surface area contributed by atoms with Crippen molar-refractivity contribution in [2.45, 2.75) is 37.2 Å². The number of hydrogen-bond acceptors (Lipinski definition) is 4. The third-order valence-corrected chi connectivity index (χ3v) is 6.91. The first-order valence-electron chi connectivity index (χ1n) is 8.30. The third-order valence-electron chi connectivity index (χ3n) is 4.66. The molecule has 1 aliphatic carbocycles. The Morgan fingerprint density at radius 3 is 2.46 bits per heavy atom. The fourth-order valence-corrected chi connectivity index (χ4v) is 4.84. The molecule has 0 bridgehead atoms. The van der Waals surface area contributed by atoms with Crippen LogP contribution in [0.3, 0.4) is 0 Å². The number of hydrogen-bond donors (Lipinski definition) is 0. The minimum atomic E-state index is -3.91. The molecule has 138 valence electrons. The summed E-state index contributed by atoms with van der Waals surface area (Å²) in [5.41, 5.74) is 0.457. The Bertz CT molecular complexity index is 914. The monoisotopic (exact) mass is 394 g/mol. The summed E-state index contributed by atoms with van der Waals surface area (Å²) >= 11 is 5.82. The van der Waals surface area contributed by atoms with E-state index in [4.69, 9.17) is 11.6 Å². The second-order valence-corrected chi connectivity index (χ2v) is 8.78. The zero-order valence-corrected chi connectivity index (χ0v) is 15.8. The quantitative estimate of drug-likeness (QED) is 0.519. The van der Waals surface area contributed by atoms with Gasteiger partial charge in [-0.05, 0) is 43.4 Å². The Morgan fingerprint density at radius 2 is 1.88 bits per heavy atom. The van der Waals surface area contributed by atoms with Crippen LogP contribution in [-0.4, -0.2) is 23.7 Å². The van der Waals surface area contributed by atoms with Crippen LogP contribution < -0.4 is 0 Å². The second-order valence-electron chi connectivity index (χ2n) is 6.48. The van der Waals surface area contributed by atoms with Gasteiger partial charge < -0.3 is 0 Å². The normalized spacial score (nSPS) is 15.8. The van der Waals surface area contributed by atoms with Crippen LogP contribution in [0.5, 0.6) is 0 Å². The molecule has 3 rings (SSSR count). The average Bonchev–Trinajstić information content (AvgIpc) is 3.45. The first-order valence-corrected chi connectivity index (χ1v) is 10.1. The molecule has 0 spiro atoms. The summed E-state index contributed by atoms with van der Waals surface area (Å²) in [6, 6.07) is 12.8. The third kappa shape index (κ3) is 3.90. The van der Waals surface area contributed by atoms with Crippen LogP contribution in [0, 0.1) is 16.0 Å². The molecule has 1 aliphatic rings. The van der Waals surface area contributed by atoms with Crippen LogP contribution in [0.25, 0.3) is 0 Å². The molecule has 6 nitrogen and oxygen atoms in total. The van der Waals surface area contributed by atoms with Gasteiger partial charge in [-0.3, -0.25) is 10.1 Å². The van der Waals surface area contributed by atoms with Crippen molar-refractivity contribution >= 4 is 27.3 Å². The van der Waals surface area contributed by atoms with Crippen molar-refractivity contribution in [2.24, 2.45) is 5.92 Å². The lowest BCUT2D eigenvalue weighted by molar-refractivity contribution is -0.384. The maximum atomic E-state index is 13.3. The first-order chi connectivity index (χ1) is 12.3. The number of nitro groups is 1. The summed E-state index contributed by atoms with van der Waals surface area (Å²) in [5.74, 6) is 0.316. The van der Waals surface area contributed by atoms with Crippen molar-refractivity contribution in [1.29, 1.82) is 0 Å². The standard InChI is InChI=1S/C18H19ClN2O4S/c1-13(15-7-8-15)20(12-14-5-3-2-4-6-14)26(24,25)16-9-10-17(19)18(11-16)21(22)23/h2-6,9-11,13,15H,7-8,12H2,1H3/t13-/m0/s1. The Morgan fingerprint density at radius 1 is 1.23 bits per heavy atom. The molecule has 2 aromatic rings. The smallest absolute Gasteiger partial charge is 0.258 e. The zero-order valence-electron chi connectivity index (χ0n) is 14.2. The fraction of sp³-hybridized carbons (Fsp3) is 0.333. The average molecular weight is 395 g/mol. The molecule has 1 fully saturated rings. The van der Waals surface area contributed by atoms with E-state index in [2.05, 4.69) is 0 Å². The van der Waals surface area contributed by atoms with Gasteiger partial charge in [0.2, 0.25) is 10.0 Å². The van der Waals surface area contributed by atoms with E-state index < -0.39 is 20.6 Å². The summed E-state index contributed by atoms with van der Waals surface area (Å²) < 4.78 is 28.0. The van der Waals surface area contributed by atoms with Crippen LogP contribution in [0.1, 0.15) is 25.3 Å². The summed E-state index contributed by atoms with van der Waals surface area (Å²) in [7, 11) is -3.91. The second kappa shape index (κ2) is 7.34. The van der Waals surface area contributed by atoms with Crippen LogP contribution >= 0.6 is 11.6 Å². The first kappa shape index (κ1) is 18.8. The number of rotatable bonds is 7. The number of nitro benzene ring substituents is 1. The van der Waals surface area contributed by atoms with E-state index in [1.54, 1.807) is 0 Å². The summed E-state index contributed by atoms with van der Waals surface area (Å²) in [4.78, 5) is 10.3. The highest BCUT2D eigenvalue weighted by molar-refractivity contribution is 7.89. The number of benzene rings is 2. The van der Waals surface area contributed by atoms with E-state index in [1.807, 2.05) is 37.3 Å². The lowest BCUT2D eigenvalue weighted by Gasteiger charge is -2.28. The molecule has 2 aromatic carbocycles. The number of sulfonamides is 1. The number of halogens is 1. The Labute approximate surface area is 157 Å². The molecule has 26 heavy (non-hydrogen) atoms. The lowest BCUT2D eigenvalue weighted by Crippen LogP contribution is -2.39. The van der Waals surface area contributed by atoms with E-state index in [0.29, 0.717) is 5.92 Å². The SMILES string of the molecule is C[C@@H](C1CC1)N(Cc1ccccc1)S(=O)(=O)c1ccc(Cl)c([N+](=O)[O-])c1. The van der Waals surface area contributed by atoms with Gasteiger partial charge in [0.15, 0.2) is 0 Å². The van der Waals surface area contributed by atoms with Crippen molar-refractivity contribution in [1.82, 2.24) is 4.31 Å². The van der Waals surface area contributed by atoms with E-state index in [9.17, 15) is 18.5 Å². The van der Waals surface area contributed by atoms with Crippen molar-refractivity contribution in [3.63, 3.8) is 0 Å². The van der Waals surface area contributed by atoms with Crippen LogP contribution in [0.2, 0.25) is 5.02 Å². The minimum Gasteiger partial charge on any atom is -0.258 e. The maximum absolute atomic E-state index is 13.3. The molecule has 0 unspecified atom stereocenters. The summed E-state index contributed by atoms with van der Waals surface area (Å²) in [6.45, 7) is 2.11. The Hall–Kier alpha value is -1.96. The maximum Gasteiger partial charge on any atom is 0.289 e. The van der Waals surface area contributed by atoms with Crippen LogP contribution in [0.15, 0.2) is 53.4 Å². The molecule has 0 heterocycles. The van der Waals surface area contributed by atoms with Crippen molar-refractivity contribution < 1.29 is 13.3 Å². The van der Waals surface area contributed by atoms with Gasteiger partial charge in [0, 0.05) is 18.7 Å². The van der Waals surface area contributed by atoms with Gasteiger partial charge in [0.05, 0.1) is 9.82 Å². The fourth-order valence-electron chi connectivity index (χ4n) is 2.95. The molecule has 0 amide bonds. The molecule has 1 atom stereocenters. The highest BCUT2D eigenvalue weighted by atomic mass is 35.5. The molecule has 8 heteroatoms. The van der Waals surface area contributed by atoms with Gasteiger partial charge >= 0.3 is 0 Å². The molecule has 0 saturated heterocycles. The van der Waals surface area contributed by atoms with Gasteiger partial charge in [-0.2, -0.15) is 4.31 Å². The van der Waals surface area contributed by atoms with Gasteiger partial charge in [-0.25, -0.2) is 8.42 Å². The molecule has 1 saturated carbocycles. The van der Waals surface area contributed by atoms with Crippen LogP contribution in [-0.2, 0) is 16.6 Å². The van der Waals surface area contributed by atoms with Crippen LogP contribution in [0.4, 0.5) is 5.69 Å². The Kier molecular flexibility index (Phi) is 5.32.